The SMILES string of the molecule is CN(C)C1CCC(Nc2ncnc3sc4ccc(C(=O)Cl)cc4c23)CC1. The molecular weight excluding hydrogens is 368 g/mol. The molecule has 1 fully saturated rings. The number of anilines is 1. The third kappa shape index (κ3) is 3.29. The highest BCUT2D eigenvalue weighted by Gasteiger charge is 2.23. The maximum Gasteiger partial charge on any atom is 0.252 e. The number of hydrogen-bond donors (Lipinski definition) is 1. The minimum atomic E-state index is -0.445. The molecule has 0 unspecified atom stereocenters. The predicted molar refractivity (Wildman–Crippen MR) is 108 cm³/mol. The van der Waals surface area contributed by atoms with Gasteiger partial charge in [0.15, 0.2) is 0 Å². The van der Waals surface area contributed by atoms with Gasteiger partial charge >= 0.3 is 0 Å². The molecule has 26 heavy (non-hydrogen) atoms. The van der Waals surface area contributed by atoms with Crippen LogP contribution >= 0.6 is 22.9 Å². The van der Waals surface area contributed by atoms with Crippen LogP contribution in [-0.2, 0) is 0 Å². The van der Waals surface area contributed by atoms with E-state index in [4.69, 9.17) is 11.6 Å². The van der Waals surface area contributed by atoms with Gasteiger partial charge in [0.1, 0.15) is 17.0 Å². The minimum Gasteiger partial charge on any atom is -0.367 e. The smallest absolute Gasteiger partial charge is 0.252 e. The third-order valence-electron chi connectivity index (χ3n) is 5.26. The first-order chi connectivity index (χ1) is 12.5. The van der Waals surface area contributed by atoms with E-state index in [-0.39, 0.29) is 0 Å². The lowest BCUT2D eigenvalue weighted by Crippen LogP contribution is -2.36. The lowest BCUT2D eigenvalue weighted by atomic mass is 9.90. The summed E-state index contributed by atoms with van der Waals surface area (Å²) in [6, 6.07) is 6.62. The Balaban J connectivity index is 1.68. The van der Waals surface area contributed by atoms with E-state index in [1.54, 1.807) is 23.7 Å². The molecule has 1 N–H and O–H groups in total. The first-order valence-corrected chi connectivity index (χ1v) is 10.0. The summed E-state index contributed by atoms with van der Waals surface area (Å²) in [6.45, 7) is 0. The first-order valence-electron chi connectivity index (χ1n) is 8.83. The van der Waals surface area contributed by atoms with Gasteiger partial charge in [-0.15, -0.1) is 11.3 Å². The van der Waals surface area contributed by atoms with Crippen molar-refractivity contribution in [2.24, 2.45) is 0 Å². The number of fused-ring (bicyclic) bond motifs is 3. The number of halogens is 1. The Labute approximate surface area is 161 Å². The summed E-state index contributed by atoms with van der Waals surface area (Å²) in [6.07, 6.45) is 6.24. The van der Waals surface area contributed by atoms with Gasteiger partial charge in [0.05, 0.1) is 5.39 Å². The molecule has 0 aliphatic heterocycles. The van der Waals surface area contributed by atoms with Gasteiger partial charge in [0.2, 0.25) is 0 Å². The zero-order valence-electron chi connectivity index (χ0n) is 14.8. The van der Waals surface area contributed by atoms with Crippen molar-refractivity contribution >= 4 is 54.3 Å². The Morgan fingerprint density at radius 3 is 2.69 bits per heavy atom. The number of hydrogen-bond acceptors (Lipinski definition) is 6. The van der Waals surface area contributed by atoms with E-state index in [0.29, 0.717) is 17.6 Å². The standard InChI is InChI=1S/C19H21ClN4OS/c1-24(2)13-6-4-12(5-7-13)23-18-16-14-9-11(17(20)25)3-8-15(14)26-19(16)22-10-21-18/h3,8-10,12-13H,4-7H2,1-2H3,(H,21,22,23). The molecular formula is C19H21ClN4OS. The Kier molecular flexibility index (Phi) is 4.82. The quantitative estimate of drug-likeness (QED) is 0.666. The highest BCUT2D eigenvalue weighted by atomic mass is 35.5. The summed E-state index contributed by atoms with van der Waals surface area (Å²) in [4.78, 5) is 23.7. The van der Waals surface area contributed by atoms with Crippen LogP contribution in [0.2, 0.25) is 0 Å². The second kappa shape index (κ2) is 7.10. The Hall–Kier alpha value is -1.76. The average Bonchev–Trinajstić information content (AvgIpc) is 3.00. The Morgan fingerprint density at radius 2 is 2.00 bits per heavy atom. The van der Waals surface area contributed by atoms with Crippen molar-refractivity contribution in [1.29, 1.82) is 0 Å². The van der Waals surface area contributed by atoms with E-state index in [1.165, 1.54) is 12.8 Å². The van der Waals surface area contributed by atoms with Gasteiger partial charge in [0.25, 0.3) is 5.24 Å². The molecule has 7 heteroatoms. The van der Waals surface area contributed by atoms with Crippen molar-refractivity contribution < 1.29 is 4.79 Å². The number of thiophene rings is 1. The van der Waals surface area contributed by atoms with Crippen LogP contribution in [0.5, 0.6) is 0 Å². The molecule has 1 aromatic carbocycles. The summed E-state index contributed by atoms with van der Waals surface area (Å²) in [5.41, 5.74) is 0.500. The van der Waals surface area contributed by atoms with E-state index < -0.39 is 5.24 Å². The number of rotatable bonds is 4. The minimum absolute atomic E-state index is 0.414. The number of carbonyl (C=O) groups is 1. The molecule has 2 heterocycles. The van der Waals surface area contributed by atoms with Gasteiger partial charge in [-0.1, -0.05) is 0 Å². The molecule has 0 amide bonds. The Morgan fingerprint density at radius 1 is 1.23 bits per heavy atom. The van der Waals surface area contributed by atoms with Crippen molar-refractivity contribution in [2.75, 3.05) is 19.4 Å². The number of benzene rings is 1. The molecule has 5 nitrogen and oxygen atoms in total. The van der Waals surface area contributed by atoms with Gasteiger partial charge in [-0.25, -0.2) is 9.97 Å². The zero-order valence-corrected chi connectivity index (χ0v) is 16.4. The molecule has 0 saturated heterocycles. The topological polar surface area (TPSA) is 58.1 Å². The summed E-state index contributed by atoms with van der Waals surface area (Å²) < 4.78 is 1.08. The second-order valence-electron chi connectivity index (χ2n) is 7.10. The summed E-state index contributed by atoms with van der Waals surface area (Å²) >= 11 is 7.28. The van der Waals surface area contributed by atoms with Crippen LogP contribution in [0.4, 0.5) is 5.82 Å². The van der Waals surface area contributed by atoms with Gasteiger partial charge in [-0.3, -0.25) is 4.79 Å². The van der Waals surface area contributed by atoms with E-state index in [1.807, 2.05) is 12.1 Å². The number of carbonyl (C=O) groups excluding carboxylic acids is 1. The van der Waals surface area contributed by atoms with Gasteiger partial charge < -0.3 is 10.2 Å². The van der Waals surface area contributed by atoms with Crippen LogP contribution < -0.4 is 5.32 Å². The molecule has 3 aromatic rings. The molecule has 136 valence electrons. The second-order valence-corrected chi connectivity index (χ2v) is 8.48. The number of nitrogens with one attached hydrogen (secondary N) is 1. The van der Waals surface area contributed by atoms with Crippen molar-refractivity contribution in [3.63, 3.8) is 0 Å². The van der Waals surface area contributed by atoms with E-state index >= 15 is 0 Å². The van der Waals surface area contributed by atoms with Crippen LogP contribution in [-0.4, -0.2) is 46.3 Å². The van der Waals surface area contributed by atoms with E-state index in [2.05, 4.69) is 34.3 Å². The lowest BCUT2D eigenvalue weighted by molar-refractivity contribution is 0.108. The van der Waals surface area contributed by atoms with Crippen LogP contribution in [0.1, 0.15) is 36.0 Å². The molecule has 0 atom stereocenters. The number of aromatic nitrogens is 2. The largest absolute Gasteiger partial charge is 0.367 e. The molecule has 0 spiro atoms. The van der Waals surface area contributed by atoms with E-state index in [0.717, 1.165) is 39.0 Å². The monoisotopic (exact) mass is 388 g/mol. The Bertz CT molecular complexity index is 963. The molecule has 1 aliphatic rings. The van der Waals surface area contributed by atoms with E-state index in [9.17, 15) is 4.79 Å². The zero-order chi connectivity index (χ0) is 18.3. The summed E-state index contributed by atoms with van der Waals surface area (Å²) in [7, 11) is 4.30. The van der Waals surface area contributed by atoms with Gasteiger partial charge in [-0.2, -0.15) is 0 Å². The first kappa shape index (κ1) is 17.6. The molecule has 1 saturated carbocycles. The molecule has 0 radical (unpaired) electrons. The molecule has 4 rings (SSSR count). The summed E-state index contributed by atoms with van der Waals surface area (Å²) in [5, 5.41) is 5.16. The molecule has 0 bridgehead atoms. The normalized spacial score (nSPS) is 20.8. The fraction of sp³-hybridized carbons (Fsp3) is 0.421. The van der Waals surface area contributed by atoms with Crippen molar-refractivity contribution in [1.82, 2.24) is 14.9 Å². The highest BCUT2D eigenvalue weighted by molar-refractivity contribution is 7.25. The van der Waals surface area contributed by atoms with Crippen LogP contribution in [0.15, 0.2) is 24.5 Å². The third-order valence-corrected chi connectivity index (χ3v) is 6.56. The van der Waals surface area contributed by atoms with Crippen LogP contribution in [0, 0.1) is 0 Å². The highest BCUT2D eigenvalue weighted by Crippen LogP contribution is 2.37. The summed E-state index contributed by atoms with van der Waals surface area (Å²) in [5.74, 6) is 0.855. The van der Waals surface area contributed by atoms with Crippen LogP contribution in [0.3, 0.4) is 0 Å². The lowest BCUT2D eigenvalue weighted by Gasteiger charge is -2.33. The maximum absolute atomic E-state index is 11.6. The van der Waals surface area contributed by atoms with Crippen molar-refractivity contribution in [3.05, 3.63) is 30.1 Å². The van der Waals surface area contributed by atoms with Crippen molar-refractivity contribution in [3.8, 4) is 0 Å². The van der Waals surface area contributed by atoms with Crippen LogP contribution in [0.25, 0.3) is 20.3 Å². The maximum atomic E-state index is 11.6. The van der Waals surface area contributed by atoms with Gasteiger partial charge in [0, 0.05) is 27.7 Å². The molecule has 2 aromatic heterocycles. The predicted octanol–water partition coefficient (Wildman–Crippen LogP) is 4.51. The molecule has 1 aliphatic carbocycles. The fourth-order valence-corrected chi connectivity index (χ4v) is 4.91. The average molecular weight is 389 g/mol. The van der Waals surface area contributed by atoms with Gasteiger partial charge in [-0.05, 0) is 69.6 Å². The number of nitrogens with zero attached hydrogens (tertiary/aromatic N) is 3. The van der Waals surface area contributed by atoms with Crippen molar-refractivity contribution in [2.45, 2.75) is 37.8 Å². The fourth-order valence-electron chi connectivity index (χ4n) is 3.77.